The molecule has 0 aliphatic heterocycles. The van der Waals surface area contributed by atoms with Gasteiger partial charge in [-0.05, 0) is 43.9 Å². The summed E-state index contributed by atoms with van der Waals surface area (Å²) >= 11 is 0. The van der Waals surface area contributed by atoms with Gasteiger partial charge in [-0.3, -0.25) is 0 Å². The second kappa shape index (κ2) is 6.27. The molecular formula is C14H28. The molecule has 84 valence electrons. The third-order valence-electron chi connectivity index (χ3n) is 2.54. The molecule has 0 nitrogen and oxygen atoms in total. The highest BCUT2D eigenvalue weighted by Crippen LogP contribution is 2.27. The maximum Gasteiger partial charge on any atom is -0.0321 e. The Kier molecular flexibility index (Phi) is 6.15. The van der Waals surface area contributed by atoms with Crippen molar-refractivity contribution in [1.82, 2.24) is 0 Å². The Morgan fingerprint density at radius 3 is 2.29 bits per heavy atom. The van der Waals surface area contributed by atoms with Crippen LogP contribution >= 0.6 is 0 Å². The highest BCUT2D eigenvalue weighted by molar-refractivity contribution is 4.97. The standard InChI is InChI=1S/C14H28/c1-7-8-12(2)9-10-13(3)11-14(4,5)6/h8,13H,7,9-11H2,1-6H3. The SMILES string of the molecule is CCC=C(C)CCC(C)CC(C)(C)C. The van der Waals surface area contributed by atoms with Crippen LogP contribution in [0.4, 0.5) is 0 Å². The summed E-state index contributed by atoms with van der Waals surface area (Å²) in [4.78, 5) is 0. The Morgan fingerprint density at radius 1 is 1.29 bits per heavy atom. The van der Waals surface area contributed by atoms with Crippen molar-refractivity contribution in [2.24, 2.45) is 11.3 Å². The van der Waals surface area contributed by atoms with Gasteiger partial charge in [0.2, 0.25) is 0 Å². The summed E-state index contributed by atoms with van der Waals surface area (Å²) in [6.45, 7) is 13.8. The van der Waals surface area contributed by atoms with E-state index in [1.165, 1.54) is 25.7 Å². The van der Waals surface area contributed by atoms with E-state index in [4.69, 9.17) is 0 Å². The summed E-state index contributed by atoms with van der Waals surface area (Å²) in [5.74, 6) is 0.857. The third kappa shape index (κ3) is 8.34. The van der Waals surface area contributed by atoms with Crippen molar-refractivity contribution in [1.29, 1.82) is 0 Å². The lowest BCUT2D eigenvalue weighted by molar-refractivity contribution is 0.297. The Bertz CT molecular complexity index is 169. The number of hydrogen-bond donors (Lipinski definition) is 0. The lowest BCUT2D eigenvalue weighted by Gasteiger charge is -2.23. The van der Waals surface area contributed by atoms with Crippen molar-refractivity contribution >= 4 is 0 Å². The molecule has 0 aromatic carbocycles. The van der Waals surface area contributed by atoms with E-state index in [2.05, 4.69) is 47.6 Å². The molecule has 0 heteroatoms. The summed E-state index contributed by atoms with van der Waals surface area (Å²) < 4.78 is 0. The lowest BCUT2D eigenvalue weighted by atomic mass is 9.83. The van der Waals surface area contributed by atoms with E-state index in [1.54, 1.807) is 5.57 Å². The summed E-state index contributed by atoms with van der Waals surface area (Å²) in [7, 11) is 0. The van der Waals surface area contributed by atoms with E-state index in [9.17, 15) is 0 Å². The highest BCUT2D eigenvalue weighted by atomic mass is 14.2. The lowest BCUT2D eigenvalue weighted by Crippen LogP contribution is -2.10. The Balaban J connectivity index is 3.74. The van der Waals surface area contributed by atoms with Gasteiger partial charge in [-0.2, -0.15) is 0 Å². The topological polar surface area (TPSA) is 0 Å². The first-order valence-electron chi connectivity index (χ1n) is 6.00. The molecule has 0 saturated heterocycles. The van der Waals surface area contributed by atoms with Crippen molar-refractivity contribution in [3.8, 4) is 0 Å². The third-order valence-corrected chi connectivity index (χ3v) is 2.54. The van der Waals surface area contributed by atoms with Crippen molar-refractivity contribution in [3.63, 3.8) is 0 Å². The molecule has 14 heavy (non-hydrogen) atoms. The summed E-state index contributed by atoms with van der Waals surface area (Å²) in [5, 5.41) is 0. The molecule has 0 aromatic heterocycles. The van der Waals surface area contributed by atoms with Crippen LogP contribution in [0.15, 0.2) is 11.6 Å². The van der Waals surface area contributed by atoms with E-state index in [-0.39, 0.29) is 0 Å². The first kappa shape index (κ1) is 13.7. The first-order chi connectivity index (χ1) is 6.35. The van der Waals surface area contributed by atoms with E-state index in [0.717, 1.165) is 5.92 Å². The van der Waals surface area contributed by atoms with Crippen LogP contribution in [0.25, 0.3) is 0 Å². The molecule has 0 radical (unpaired) electrons. The van der Waals surface area contributed by atoms with Gasteiger partial charge < -0.3 is 0 Å². The van der Waals surface area contributed by atoms with Crippen molar-refractivity contribution < 1.29 is 0 Å². The van der Waals surface area contributed by atoms with Gasteiger partial charge in [0, 0.05) is 0 Å². The molecule has 0 N–H and O–H groups in total. The molecule has 0 rings (SSSR count). The van der Waals surface area contributed by atoms with Crippen molar-refractivity contribution in [2.45, 2.75) is 67.2 Å². The summed E-state index contributed by atoms with van der Waals surface area (Å²) in [6, 6.07) is 0. The van der Waals surface area contributed by atoms with Crippen LogP contribution in [0.5, 0.6) is 0 Å². The van der Waals surface area contributed by atoms with Crippen molar-refractivity contribution in [3.05, 3.63) is 11.6 Å². The maximum absolute atomic E-state index is 2.38. The van der Waals surface area contributed by atoms with Crippen LogP contribution in [0.3, 0.4) is 0 Å². The Labute approximate surface area is 90.8 Å². The Hall–Kier alpha value is -0.260. The monoisotopic (exact) mass is 196 g/mol. The van der Waals surface area contributed by atoms with Gasteiger partial charge in [0.05, 0.1) is 0 Å². The average molecular weight is 196 g/mol. The maximum atomic E-state index is 2.38. The van der Waals surface area contributed by atoms with E-state index < -0.39 is 0 Å². The van der Waals surface area contributed by atoms with Gasteiger partial charge in [0.1, 0.15) is 0 Å². The van der Waals surface area contributed by atoms with Crippen LogP contribution < -0.4 is 0 Å². The zero-order valence-electron chi connectivity index (χ0n) is 11.0. The van der Waals surface area contributed by atoms with Crippen LogP contribution in [-0.2, 0) is 0 Å². The van der Waals surface area contributed by atoms with Crippen LogP contribution in [-0.4, -0.2) is 0 Å². The van der Waals surface area contributed by atoms with E-state index in [0.29, 0.717) is 5.41 Å². The minimum atomic E-state index is 0.488. The van der Waals surface area contributed by atoms with Gasteiger partial charge >= 0.3 is 0 Å². The van der Waals surface area contributed by atoms with Gasteiger partial charge in [-0.1, -0.05) is 46.3 Å². The van der Waals surface area contributed by atoms with Gasteiger partial charge in [0.25, 0.3) is 0 Å². The quantitative estimate of drug-likeness (QED) is 0.530. The molecule has 0 aromatic rings. The molecule has 0 spiro atoms. The summed E-state index contributed by atoms with van der Waals surface area (Å²) in [5.41, 5.74) is 2.05. The summed E-state index contributed by atoms with van der Waals surface area (Å²) in [6.07, 6.45) is 7.50. The van der Waals surface area contributed by atoms with Gasteiger partial charge in [-0.25, -0.2) is 0 Å². The zero-order valence-corrected chi connectivity index (χ0v) is 11.0. The number of hydrogen-bond acceptors (Lipinski definition) is 0. The van der Waals surface area contributed by atoms with Crippen molar-refractivity contribution in [2.75, 3.05) is 0 Å². The smallest absolute Gasteiger partial charge is 0.0321 e. The number of rotatable bonds is 5. The molecule has 0 aliphatic rings. The fraction of sp³-hybridized carbons (Fsp3) is 0.857. The van der Waals surface area contributed by atoms with E-state index in [1.807, 2.05) is 0 Å². The molecule has 0 amide bonds. The molecule has 0 fully saturated rings. The second-order valence-electron chi connectivity index (χ2n) is 5.87. The normalized spacial score (nSPS) is 15.7. The largest absolute Gasteiger partial charge is 0.0859 e. The predicted octanol–water partition coefficient (Wildman–Crippen LogP) is 5.20. The predicted molar refractivity (Wildman–Crippen MR) is 66.5 cm³/mol. The molecular weight excluding hydrogens is 168 g/mol. The molecule has 0 saturated carbocycles. The minimum Gasteiger partial charge on any atom is -0.0859 e. The molecule has 0 aliphatic carbocycles. The first-order valence-corrected chi connectivity index (χ1v) is 6.00. The van der Waals surface area contributed by atoms with Crippen LogP contribution in [0, 0.1) is 11.3 Å². The van der Waals surface area contributed by atoms with Gasteiger partial charge in [-0.15, -0.1) is 0 Å². The van der Waals surface area contributed by atoms with E-state index >= 15 is 0 Å². The highest BCUT2D eigenvalue weighted by Gasteiger charge is 2.14. The average Bonchev–Trinajstić information content (AvgIpc) is 1.98. The minimum absolute atomic E-state index is 0.488. The zero-order chi connectivity index (χ0) is 11.2. The molecule has 0 heterocycles. The molecule has 0 bridgehead atoms. The van der Waals surface area contributed by atoms with Gasteiger partial charge in [0.15, 0.2) is 0 Å². The van der Waals surface area contributed by atoms with Crippen LogP contribution in [0.1, 0.15) is 67.2 Å². The fourth-order valence-electron chi connectivity index (χ4n) is 2.07. The second-order valence-corrected chi connectivity index (χ2v) is 5.87. The van der Waals surface area contributed by atoms with Crippen LogP contribution in [0.2, 0.25) is 0 Å². The number of allylic oxidation sites excluding steroid dienone is 2. The fourth-order valence-corrected chi connectivity index (χ4v) is 2.07. The molecule has 1 unspecified atom stereocenters. The Morgan fingerprint density at radius 2 is 1.86 bits per heavy atom. The molecule has 1 atom stereocenters.